The minimum Gasteiger partial charge on any atom is -0.362 e. The fourth-order valence-electron chi connectivity index (χ4n) is 2.50. The van der Waals surface area contributed by atoms with Crippen LogP contribution in [0.2, 0.25) is 0 Å². The van der Waals surface area contributed by atoms with Crippen molar-refractivity contribution < 1.29 is 9.59 Å². The van der Waals surface area contributed by atoms with Crippen molar-refractivity contribution in [2.75, 3.05) is 24.5 Å². The molecule has 114 valence electrons. The molecular formula is C16H23N3O2. The zero-order chi connectivity index (χ0) is 15.2. The van der Waals surface area contributed by atoms with Gasteiger partial charge in [-0.2, -0.15) is 0 Å². The third-order valence-electron chi connectivity index (χ3n) is 3.64. The number of anilines is 1. The number of para-hydroxylation sites is 1. The molecule has 0 radical (unpaired) electrons. The summed E-state index contributed by atoms with van der Waals surface area (Å²) in [5, 5.41) is 5.53. The van der Waals surface area contributed by atoms with Crippen LogP contribution in [0.3, 0.4) is 0 Å². The number of hydrogen-bond acceptors (Lipinski definition) is 3. The third-order valence-corrected chi connectivity index (χ3v) is 3.64. The molecule has 1 aromatic carbocycles. The first-order valence-corrected chi connectivity index (χ1v) is 7.51. The molecule has 0 saturated heterocycles. The predicted molar refractivity (Wildman–Crippen MR) is 83.3 cm³/mol. The van der Waals surface area contributed by atoms with Gasteiger partial charge in [0, 0.05) is 18.8 Å². The van der Waals surface area contributed by atoms with E-state index in [0.29, 0.717) is 13.1 Å². The van der Waals surface area contributed by atoms with Crippen molar-refractivity contribution in [3.8, 4) is 0 Å². The van der Waals surface area contributed by atoms with Gasteiger partial charge in [-0.05, 0) is 31.4 Å². The highest BCUT2D eigenvalue weighted by atomic mass is 16.2. The van der Waals surface area contributed by atoms with Crippen molar-refractivity contribution in [3.05, 3.63) is 29.8 Å². The van der Waals surface area contributed by atoms with E-state index >= 15 is 0 Å². The monoisotopic (exact) mass is 289 g/mol. The molecular weight excluding hydrogens is 266 g/mol. The third kappa shape index (κ3) is 3.97. The van der Waals surface area contributed by atoms with Crippen LogP contribution in [0.15, 0.2) is 24.3 Å². The van der Waals surface area contributed by atoms with Crippen LogP contribution in [0.5, 0.6) is 0 Å². The van der Waals surface area contributed by atoms with E-state index in [1.807, 2.05) is 25.1 Å². The number of carbonyl (C=O) groups excluding carboxylic acids is 2. The summed E-state index contributed by atoms with van der Waals surface area (Å²) in [5.41, 5.74) is 2.40. The van der Waals surface area contributed by atoms with Gasteiger partial charge in [-0.15, -0.1) is 0 Å². The van der Waals surface area contributed by atoms with E-state index in [4.69, 9.17) is 0 Å². The first-order chi connectivity index (χ1) is 10.1. The minimum atomic E-state index is -0.498. The maximum atomic E-state index is 12.1. The first kappa shape index (κ1) is 15.4. The van der Waals surface area contributed by atoms with Crippen LogP contribution in [0, 0.1) is 0 Å². The first-order valence-electron chi connectivity index (χ1n) is 7.51. The molecule has 0 spiro atoms. The molecule has 0 unspecified atom stereocenters. The molecule has 1 aromatic rings. The van der Waals surface area contributed by atoms with E-state index in [1.165, 1.54) is 5.56 Å². The van der Waals surface area contributed by atoms with Gasteiger partial charge in [0.25, 0.3) is 0 Å². The highest BCUT2D eigenvalue weighted by Gasteiger charge is 2.22. The number of rotatable bonds is 6. The van der Waals surface area contributed by atoms with Crippen molar-refractivity contribution in [2.24, 2.45) is 0 Å². The zero-order valence-corrected chi connectivity index (χ0v) is 12.7. The molecule has 1 aliphatic heterocycles. The van der Waals surface area contributed by atoms with Gasteiger partial charge in [0.2, 0.25) is 11.8 Å². The smallest absolute Gasteiger partial charge is 0.242 e. The maximum absolute atomic E-state index is 12.1. The van der Waals surface area contributed by atoms with Crippen LogP contribution < -0.4 is 15.5 Å². The van der Waals surface area contributed by atoms with Gasteiger partial charge in [0.05, 0.1) is 6.54 Å². The fourth-order valence-corrected chi connectivity index (χ4v) is 2.50. The van der Waals surface area contributed by atoms with Crippen molar-refractivity contribution in [3.63, 3.8) is 0 Å². The summed E-state index contributed by atoms with van der Waals surface area (Å²) in [4.78, 5) is 25.9. The normalized spacial score (nSPS) is 14.5. The lowest BCUT2D eigenvalue weighted by Crippen LogP contribution is -2.48. The van der Waals surface area contributed by atoms with Gasteiger partial charge < -0.3 is 15.5 Å². The van der Waals surface area contributed by atoms with Crippen LogP contribution >= 0.6 is 0 Å². The van der Waals surface area contributed by atoms with Crippen molar-refractivity contribution in [1.82, 2.24) is 10.6 Å². The van der Waals surface area contributed by atoms with Gasteiger partial charge in [-0.25, -0.2) is 0 Å². The van der Waals surface area contributed by atoms with Crippen molar-refractivity contribution in [1.29, 1.82) is 0 Å². The number of fused-ring (bicyclic) bond motifs is 1. The van der Waals surface area contributed by atoms with Crippen LogP contribution in [-0.2, 0) is 16.0 Å². The predicted octanol–water partition coefficient (Wildman–Crippen LogP) is 1.08. The standard InChI is InChI=1S/C16H23N3O2/c1-3-9-17-16(21)12(2)18-15(20)11-19-10-8-13-6-4-5-7-14(13)19/h4-7,12H,3,8-11H2,1-2H3,(H,17,21)(H,18,20)/t12-/m0/s1. The second kappa shape index (κ2) is 7.11. The largest absolute Gasteiger partial charge is 0.362 e. The fraction of sp³-hybridized carbons (Fsp3) is 0.500. The Hall–Kier alpha value is -2.04. The Bertz CT molecular complexity index is 516. The summed E-state index contributed by atoms with van der Waals surface area (Å²) in [6, 6.07) is 7.63. The van der Waals surface area contributed by atoms with Crippen LogP contribution in [0.1, 0.15) is 25.8 Å². The summed E-state index contributed by atoms with van der Waals surface area (Å²) in [6.07, 6.45) is 1.85. The minimum absolute atomic E-state index is 0.120. The number of hydrogen-bond donors (Lipinski definition) is 2. The lowest BCUT2D eigenvalue weighted by atomic mass is 10.2. The van der Waals surface area contributed by atoms with E-state index in [9.17, 15) is 9.59 Å². The highest BCUT2D eigenvalue weighted by molar-refractivity contribution is 5.89. The summed E-state index contributed by atoms with van der Waals surface area (Å²) >= 11 is 0. The molecule has 21 heavy (non-hydrogen) atoms. The van der Waals surface area contributed by atoms with Crippen LogP contribution in [-0.4, -0.2) is 37.5 Å². The lowest BCUT2D eigenvalue weighted by molar-refractivity contribution is -0.127. The second-order valence-electron chi connectivity index (χ2n) is 5.38. The van der Waals surface area contributed by atoms with Gasteiger partial charge in [0.1, 0.15) is 6.04 Å². The van der Waals surface area contributed by atoms with Crippen molar-refractivity contribution >= 4 is 17.5 Å². The van der Waals surface area contributed by atoms with E-state index in [2.05, 4.69) is 21.6 Å². The van der Waals surface area contributed by atoms with E-state index in [-0.39, 0.29) is 11.8 Å². The molecule has 2 rings (SSSR count). The molecule has 0 aromatic heterocycles. The Morgan fingerprint density at radius 1 is 1.33 bits per heavy atom. The van der Waals surface area contributed by atoms with E-state index in [1.54, 1.807) is 6.92 Å². The number of carbonyl (C=O) groups is 2. The summed E-state index contributed by atoms with van der Waals surface area (Å²) in [7, 11) is 0. The molecule has 0 bridgehead atoms. The number of nitrogens with one attached hydrogen (secondary N) is 2. The number of benzene rings is 1. The second-order valence-corrected chi connectivity index (χ2v) is 5.38. The number of nitrogens with zero attached hydrogens (tertiary/aromatic N) is 1. The van der Waals surface area contributed by atoms with Crippen molar-refractivity contribution in [2.45, 2.75) is 32.7 Å². The molecule has 2 N–H and O–H groups in total. The molecule has 5 nitrogen and oxygen atoms in total. The summed E-state index contributed by atoms with van der Waals surface area (Å²) < 4.78 is 0. The van der Waals surface area contributed by atoms with E-state index in [0.717, 1.165) is 25.1 Å². The summed E-state index contributed by atoms with van der Waals surface area (Å²) in [6.45, 7) is 5.49. The Morgan fingerprint density at radius 2 is 2.10 bits per heavy atom. The van der Waals surface area contributed by atoms with Gasteiger partial charge >= 0.3 is 0 Å². The average Bonchev–Trinajstić information content (AvgIpc) is 2.88. The molecule has 1 aliphatic rings. The van der Waals surface area contributed by atoms with E-state index < -0.39 is 6.04 Å². The topological polar surface area (TPSA) is 61.4 Å². The van der Waals surface area contributed by atoms with Gasteiger partial charge in [-0.3, -0.25) is 9.59 Å². The Labute approximate surface area is 125 Å². The Kier molecular flexibility index (Phi) is 5.20. The Morgan fingerprint density at radius 3 is 2.86 bits per heavy atom. The van der Waals surface area contributed by atoms with Gasteiger partial charge in [-0.1, -0.05) is 25.1 Å². The lowest BCUT2D eigenvalue weighted by Gasteiger charge is -2.20. The zero-order valence-electron chi connectivity index (χ0n) is 12.7. The van der Waals surface area contributed by atoms with Crippen LogP contribution in [0.25, 0.3) is 0 Å². The van der Waals surface area contributed by atoms with Crippen LogP contribution in [0.4, 0.5) is 5.69 Å². The maximum Gasteiger partial charge on any atom is 0.242 e. The molecule has 1 heterocycles. The Balaban J connectivity index is 1.84. The molecule has 0 aliphatic carbocycles. The molecule has 1 atom stereocenters. The average molecular weight is 289 g/mol. The van der Waals surface area contributed by atoms with Gasteiger partial charge in [0.15, 0.2) is 0 Å². The molecule has 0 saturated carbocycles. The SMILES string of the molecule is CCCNC(=O)[C@H](C)NC(=O)CN1CCc2ccccc21. The number of amides is 2. The summed E-state index contributed by atoms with van der Waals surface area (Å²) in [5.74, 6) is -0.252. The molecule has 0 fully saturated rings. The quantitative estimate of drug-likeness (QED) is 0.824. The molecule has 2 amide bonds. The highest BCUT2D eigenvalue weighted by Crippen LogP contribution is 2.26. The molecule has 5 heteroatoms.